The molecular weight excluding hydrogens is 182 g/mol. The maximum atomic E-state index is 5.13. The Morgan fingerprint density at radius 3 is 3.10 bits per heavy atom. The fourth-order valence-electron chi connectivity index (χ4n) is 0.744. The summed E-state index contributed by atoms with van der Waals surface area (Å²) in [5.41, 5.74) is 0. The van der Waals surface area contributed by atoms with Gasteiger partial charge in [-0.3, -0.25) is 0 Å². The number of hydrogen-bond donors (Lipinski definition) is 0. The highest BCUT2D eigenvalue weighted by Gasteiger charge is 2.15. The van der Waals surface area contributed by atoms with Gasteiger partial charge in [-0.2, -0.15) is 0 Å². The molecule has 58 valence electrons. The van der Waals surface area contributed by atoms with Crippen LogP contribution in [0.3, 0.4) is 0 Å². The van der Waals surface area contributed by atoms with Crippen molar-refractivity contribution in [3.05, 3.63) is 0 Å². The molecule has 10 heavy (non-hydrogen) atoms. The summed E-state index contributed by atoms with van der Waals surface area (Å²) < 4.78 is 1.08. The maximum absolute atomic E-state index is 5.13. The third kappa shape index (κ3) is 2.32. The van der Waals surface area contributed by atoms with Gasteiger partial charge in [-0.1, -0.05) is 30.9 Å². The molecular formula is C6H11NS3. The predicted octanol–water partition coefficient (Wildman–Crippen LogP) is 2.03. The van der Waals surface area contributed by atoms with Crippen molar-refractivity contribution >= 4 is 40.1 Å². The quantitative estimate of drug-likeness (QED) is 0.631. The number of hydrogen-bond acceptors (Lipinski definition) is 3. The number of thiocarbonyl (C=S) groups is 1. The predicted molar refractivity (Wildman–Crippen MR) is 54.8 cm³/mol. The highest BCUT2D eigenvalue weighted by atomic mass is 32.2. The van der Waals surface area contributed by atoms with Gasteiger partial charge in [0.15, 0.2) is 0 Å². The molecule has 1 rings (SSSR count). The van der Waals surface area contributed by atoms with E-state index in [1.807, 2.05) is 11.8 Å². The van der Waals surface area contributed by atoms with Crippen LogP contribution in [-0.4, -0.2) is 33.1 Å². The van der Waals surface area contributed by atoms with Crippen LogP contribution in [0, 0.1) is 0 Å². The van der Waals surface area contributed by atoms with Gasteiger partial charge < -0.3 is 4.90 Å². The molecule has 1 fully saturated rings. The van der Waals surface area contributed by atoms with E-state index < -0.39 is 0 Å². The Morgan fingerprint density at radius 2 is 2.60 bits per heavy atom. The van der Waals surface area contributed by atoms with E-state index in [2.05, 4.69) is 11.8 Å². The standard InChI is InChI=1S/C6H11NS3/c1-2-9-5-7-3-4-10-6(7)8/h2-5H2,1H3. The van der Waals surface area contributed by atoms with E-state index in [0.29, 0.717) is 0 Å². The first-order valence-corrected chi connectivity index (χ1v) is 5.89. The summed E-state index contributed by atoms with van der Waals surface area (Å²) >= 11 is 8.86. The van der Waals surface area contributed by atoms with E-state index in [-0.39, 0.29) is 0 Å². The summed E-state index contributed by atoms with van der Waals surface area (Å²) in [6.07, 6.45) is 0. The number of thioether (sulfide) groups is 2. The van der Waals surface area contributed by atoms with Crippen molar-refractivity contribution in [1.82, 2.24) is 4.90 Å². The lowest BCUT2D eigenvalue weighted by Gasteiger charge is -2.14. The molecule has 0 aromatic carbocycles. The van der Waals surface area contributed by atoms with Crippen LogP contribution in [0.2, 0.25) is 0 Å². The van der Waals surface area contributed by atoms with Crippen molar-refractivity contribution in [1.29, 1.82) is 0 Å². The molecule has 1 aliphatic heterocycles. The molecule has 0 bridgehead atoms. The Balaban J connectivity index is 2.20. The summed E-state index contributed by atoms with van der Waals surface area (Å²) in [5, 5.41) is 0. The Morgan fingerprint density at radius 1 is 1.80 bits per heavy atom. The first-order chi connectivity index (χ1) is 4.84. The minimum atomic E-state index is 1.08. The van der Waals surface area contributed by atoms with Gasteiger partial charge in [-0.05, 0) is 5.75 Å². The van der Waals surface area contributed by atoms with Crippen molar-refractivity contribution in [2.45, 2.75) is 6.92 Å². The molecule has 1 nitrogen and oxygen atoms in total. The lowest BCUT2D eigenvalue weighted by atomic mass is 10.7. The van der Waals surface area contributed by atoms with Crippen LogP contribution in [0.25, 0.3) is 0 Å². The zero-order valence-electron chi connectivity index (χ0n) is 6.00. The van der Waals surface area contributed by atoms with Crippen LogP contribution in [-0.2, 0) is 0 Å². The lowest BCUT2D eigenvalue weighted by molar-refractivity contribution is 0.551. The zero-order chi connectivity index (χ0) is 7.40. The maximum Gasteiger partial charge on any atom is 0.137 e. The monoisotopic (exact) mass is 193 g/mol. The second kappa shape index (κ2) is 4.46. The van der Waals surface area contributed by atoms with Crippen molar-refractivity contribution in [2.24, 2.45) is 0 Å². The molecule has 1 heterocycles. The molecule has 0 spiro atoms. The first kappa shape index (κ1) is 8.68. The molecule has 0 N–H and O–H groups in total. The summed E-state index contributed by atoms with van der Waals surface area (Å²) in [6, 6.07) is 0. The van der Waals surface area contributed by atoms with Crippen LogP contribution in [0.1, 0.15) is 6.92 Å². The molecule has 0 aromatic rings. The van der Waals surface area contributed by atoms with Gasteiger partial charge in [0.05, 0.1) is 5.88 Å². The lowest BCUT2D eigenvalue weighted by Crippen LogP contribution is -2.22. The Kier molecular flexibility index (Phi) is 3.88. The second-order valence-corrected chi connectivity index (χ2v) is 4.97. The van der Waals surface area contributed by atoms with Gasteiger partial charge in [0.1, 0.15) is 4.32 Å². The Hall–Kier alpha value is 0.590. The van der Waals surface area contributed by atoms with E-state index in [1.54, 1.807) is 11.8 Å². The van der Waals surface area contributed by atoms with E-state index in [4.69, 9.17) is 12.2 Å². The van der Waals surface area contributed by atoms with Crippen LogP contribution in [0.4, 0.5) is 0 Å². The minimum absolute atomic E-state index is 1.08. The molecule has 0 unspecified atom stereocenters. The van der Waals surface area contributed by atoms with Gasteiger partial charge in [-0.15, -0.1) is 11.8 Å². The third-order valence-corrected chi connectivity index (χ3v) is 3.70. The third-order valence-electron chi connectivity index (χ3n) is 1.30. The highest BCUT2D eigenvalue weighted by Crippen LogP contribution is 2.19. The van der Waals surface area contributed by atoms with Crippen LogP contribution in [0.5, 0.6) is 0 Å². The van der Waals surface area contributed by atoms with Gasteiger partial charge in [0.25, 0.3) is 0 Å². The Labute approximate surface area is 75.9 Å². The molecule has 1 saturated heterocycles. The molecule has 0 saturated carbocycles. The fraction of sp³-hybridized carbons (Fsp3) is 0.833. The number of nitrogens with zero attached hydrogens (tertiary/aromatic N) is 1. The Bertz CT molecular complexity index is 126. The second-order valence-electron chi connectivity index (χ2n) is 2.00. The molecule has 1 aliphatic rings. The van der Waals surface area contributed by atoms with Crippen molar-refractivity contribution in [3.8, 4) is 0 Å². The fourth-order valence-corrected chi connectivity index (χ4v) is 2.80. The van der Waals surface area contributed by atoms with E-state index in [1.165, 1.54) is 11.5 Å². The van der Waals surface area contributed by atoms with E-state index >= 15 is 0 Å². The first-order valence-electron chi connectivity index (χ1n) is 3.34. The van der Waals surface area contributed by atoms with Crippen molar-refractivity contribution in [3.63, 3.8) is 0 Å². The van der Waals surface area contributed by atoms with Gasteiger partial charge >= 0.3 is 0 Å². The van der Waals surface area contributed by atoms with E-state index in [9.17, 15) is 0 Å². The van der Waals surface area contributed by atoms with Crippen LogP contribution >= 0.6 is 35.7 Å². The zero-order valence-corrected chi connectivity index (χ0v) is 8.45. The number of rotatable bonds is 3. The van der Waals surface area contributed by atoms with Crippen molar-refractivity contribution in [2.75, 3.05) is 23.9 Å². The van der Waals surface area contributed by atoms with E-state index in [0.717, 1.165) is 16.7 Å². The SMILES string of the molecule is CCSCN1CCSC1=S. The van der Waals surface area contributed by atoms with Crippen LogP contribution in [0.15, 0.2) is 0 Å². The largest absolute Gasteiger partial charge is 0.347 e. The summed E-state index contributed by atoms with van der Waals surface area (Å²) in [6.45, 7) is 3.33. The smallest absolute Gasteiger partial charge is 0.137 e. The van der Waals surface area contributed by atoms with Crippen molar-refractivity contribution < 1.29 is 0 Å². The molecule has 0 atom stereocenters. The van der Waals surface area contributed by atoms with Gasteiger partial charge in [0, 0.05) is 12.3 Å². The van der Waals surface area contributed by atoms with Gasteiger partial charge in [0.2, 0.25) is 0 Å². The topological polar surface area (TPSA) is 3.24 Å². The molecule has 0 aromatic heterocycles. The molecule has 4 heteroatoms. The molecule has 0 amide bonds. The summed E-state index contributed by atoms with van der Waals surface area (Å²) in [7, 11) is 0. The molecule has 0 aliphatic carbocycles. The van der Waals surface area contributed by atoms with Crippen LogP contribution < -0.4 is 0 Å². The molecule has 0 radical (unpaired) electrons. The highest BCUT2D eigenvalue weighted by molar-refractivity contribution is 8.23. The minimum Gasteiger partial charge on any atom is -0.347 e. The average Bonchev–Trinajstić information content (AvgIpc) is 2.31. The summed E-state index contributed by atoms with van der Waals surface area (Å²) in [4.78, 5) is 2.27. The normalized spacial score (nSPS) is 18.5. The van der Waals surface area contributed by atoms with Gasteiger partial charge in [-0.25, -0.2) is 0 Å². The summed E-state index contributed by atoms with van der Waals surface area (Å²) in [5.74, 6) is 3.45. The average molecular weight is 193 g/mol.